The highest BCUT2D eigenvalue weighted by Gasteiger charge is 2.34. The van der Waals surface area contributed by atoms with Gasteiger partial charge < -0.3 is 19.2 Å². The number of benzene rings is 2. The molecule has 4 aromatic rings. The van der Waals surface area contributed by atoms with Gasteiger partial charge in [-0.3, -0.25) is 0 Å². The minimum Gasteiger partial charge on any atom is -0.467 e. The molecule has 172 valence electrons. The fourth-order valence-electron chi connectivity index (χ4n) is 4.08. The van der Waals surface area contributed by atoms with E-state index in [-0.39, 0.29) is 11.9 Å². The van der Waals surface area contributed by atoms with Crippen LogP contribution in [-0.2, 0) is 6.54 Å². The molecule has 0 saturated heterocycles. The lowest BCUT2D eigenvalue weighted by Crippen LogP contribution is -2.45. The maximum Gasteiger partial charge on any atom is 0.258 e. The largest absolute Gasteiger partial charge is 0.467 e. The molecule has 0 spiro atoms. The van der Waals surface area contributed by atoms with E-state index in [0.29, 0.717) is 28.9 Å². The third-order valence-corrected chi connectivity index (χ3v) is 6.43. The van der Waals surface area contributed by atoms with Crippen molar-refractivity contribution < 1.29 is 13.3 Å². The van der Waals surface area contributed by atoms with Crippen LogP contribution in [0, 0.1) is 19.7 Å². The van der Waals surface area contributed by atoms with Crippen LogP contribution in [0.1, 0.15) is 41.3 Å². The second-order valence-electron chi connectivity index (χ2n) is 8.32. The summed E-state index contributed by atoms with van der Waals surface area (Å²) >= 11 is 5.74. The lowest BCUT2D eigenvalue weighted by Gasteiger charge is -2.37. The predicted molar refractivity (Wildman–Crippen MR) is 131 cm³/mol. The number of nitrogens with zero attached hydrogens (tertiary/aromatic N) is 3. The van der Waals surface area contributed by atoms with Gasteiger partial charge in [-0.15, -0.1) is 0 Å². The van der Waals surface area contributed by atoms with Crippen LogP contribution in [0.4, 0.5) is 4.39 Å². The second-order valence-corrected chi connectivity index (χ2v) is 8.71. The SMILES string of the molecule is CC1=C(c2nc(-c3cccc(F)c3)no2)C(c2ccc(C)c(C)c2)NC(=S)N1Cc1ccco1. The Morgan fingerprint density at radius 3 is 2.65 bits per heavy atom. The summed E-state index contributed by atoms with van der Waals surface area (Å²) < 4.78 is 25.0. The van der Waals surface area contributed by atoms with E-state index in [4.69, 9.17) is 21.2 Å². The fourth-order valence-corrected chi connectivity index (χ4v) is 4.40. The van der Waals surface area contributed by atoms with E-state index < -0.39 is 0 Å². The number of thiocarbonyl (C=S) groups is 1. The summed E-state index contributed by atoms with van der Waals surface area (Å²) in [5.74, 6) is 1.08. The minimum atomic E-state index is -0.360. The van der Waals surface area contributed by atoms with Crippen LogP contribution < -0.4 is 5.32 Å². The number of aromatic nitrogens is 2. The average molecular weight is 475 g/mol. The third-order valence-electron chi connectivity index (χ3n) is 6.09. The molecule has 5 rings (SSSR count). The van der Waals surface area contributed by atoms with Crippen LogP contribution in [0.15, 0.2) is 75.5 Å². The van der Waals surface area contributed by atoms with E-state index in [1.807, 2.05) is 24.0 Å². The van der Waals surface area contributed by atoms with Crippen LogP contribution in [0.25, 0.3) is 17.0 Å². The number of furan rings is 1. The second kappa shape index (κ2) is 8.87. The first-order valence-electron chi connectivity index (χ1n) is 10.9. The molecule has 8 heteroatoms. The zero-order valence-electron chi connectivity index (χ0n) is 19.0. The normalized spacial score (nSPS) is 16.2. The van der Waals surface area contributed by atoms with Crippen molar-refractivity contribution in [2.75, 3.05) is 0 Å². The maximum atomic E-state index is 13.8. The number of halogens is 1. The number of hydrogen-bond donors (Lipinski definition) is 1. The molecular formula is C26H23FN4O2S. The number of rotatable bonds is 5. The molecule has 0 fully saturated rings. The number of hydrogen-bond acceptors (Lipinski definition) is 5. The molecule has 0 bridgehead atoms. The molecule has 1 aliphatic heterocycles. The molecule has 6 nitrogen and oxygen atoms in total. The van der Waals surface area contributed by atoms with Crippen molar-refractivity contribution in [3.63, 3.8) is 0 Å². The fraction of sp³-hybridized carbons (Fsp3) is 0.192. The van der Waals surface area contributed by atoms with Crippen molar-refractivity contribution in [2.45, 2.75) is 33.4 Å². The molecule has 0 radical (unpaired) electrons. The van der Waals surface area contributed by atoms with Gasteiger partial charge in [-0.05, 0) is 73.9 Å². The highest BCUT2D eigenvalue weighted by Crippen LogP contribution is 2.38. The van der Waals surface area contributed by atoms with E-state index in [1.165, 1.54) is 23.3 Å². The molecule has 1 unspecified atom stereocenters. The maximum absolute atomic E-state index is 13.8. The van der Waals surface area contributed by atoms with Crippen LogP contribution >= 0.6 is 12.2 Å². The molecule has 0 aliphatic carbocycles. The van der Waals surface area contributed by atoms with Crippen molar-refractivity contribution in [1.29, 1.82) is 0 Å². The zero-order chi connectivity index (χ0) is 23.8. The molecule has 1 aliphatic rings. The van der Waals surface area contributed by atoms with Crippen molar-refractivity contribution >= 4 is 22.9 Å². The summed E-state index contributed by atoms with van der Waals surface area (Å²) in [6.45, 7) is 6.59. The molecular weight excluding hydrogens is 451 g/mol. The van der Waals surface area contributed by atoms with Gasteiger partial charge in [-0.1, -0.05) is 35.5 Å². The quantitative estimate of drug-likeness (QED) is 0.359. The summed E-state index contributed by atoms with van der Waals surface area (Å²) in [4.78, 5) is 6.58. The smallest absolute Gasteiger partial charge is 0.258 e. The van der Waals surface area contributed by atoms with Gasteiger partial charge in [0, 0.05) is 11.3 Å². The number of allylic oxidation sites excluding steroid dienone is 1. The van der Waals surface area contributed by atoms with Gasteiger partial charge in [-0.2, -0.15) is 4.98 Å². The molecule has 0 saturated carbocycles. The van der Waals surface area contributed by atoms with Gasteiger partial charge in [0.25, 0.3) is 5.89 Å². The van der Waals surface area contributed by atoms with E-state index >= 15 is 0 Å². The Bertz CT molecular complexity index is 1390. The van der Waals surface area contributed by atoms with Gasteiger partial charge in [0.1, 0.15) is 11.6 Å². The van der Waals surface area contributed by atoms with E-state index in [1.54, 1.807) is 18.4 Å². The van der Waals surface area contributed by atoms with E-state index in [0.717, 1.165) is 22.6 Å². The first kappa shape index (κ1) is 22.0. The molecule has 3 heterocycles. The molecule has 34 heavy (non-hydrogen) atoms. The molecule has 0 amide bonds. The highest BCUT2D eigenvalue weighted by molar-refractivity contribution is 7.80. The summed E-state index contributed by atoms with van der Waals surface area (Å²) in [6.07, 6.45) is 1.64. The topological polar surface area (TPSA) is 67.3 Å². The molecule has 1 atom stereocenters. The van der Waals surface area contributed by atoms with E-state index in [2.05, 4.69) is 47.5 Å². The van der Waals surface area contributed by atoms with Crippen molar-refractivity contribution in [2.24, 2.45) is 0 Å². The minimum absolute atomic E-state index is 0.291. The molecule has 2 aromatic carbocycles. The lowest BCUT2D eigenvalue weighted by molar-refractivity contribution is 0.382. The monoisotopic (exact) mass is 474 g/mol. The molecule has 1 N–H and O–H groups in total. The Kier molecular flexibility index (Phi) is 5.75. The standard InChI is InChI=1S/C26H23FN4O2S/c1-15-9-10-18(12-16(15)2)23-22(17(3)31(26(34)28-23)14-21-8-5-11-32-21)25-29-24(30-33-25)19-6-4-7-20(27)13-19/h4-13,23H,14H2,1-3H3,(H,28,34). The average Bonchev–Trinajstić information content (AvgIpc) is 3.50. The third kappa shape index (κ3) is 4.12. The molecule has 2 aromatic heterocycles. The highest BCUT2D eigenvalue weighted by atomic mass is 32.1. The van der Waals surface area contributed by atoms with Crippen molar-refractivity contribution in [3.8, 4) is 11.4 Å². The summed E-state index contributed by atoms with van der Waals surface area (Å²) in [5, 5.41) is 8.16. The summed E-state index contributed by atoms with van der Waals surface area (Å²) in [5.41, 5.74) is 5.63. The van der Waals surface area contributed by atoms with Crippen LogP contribution in [0.2, 0.25) is 0 Å². The number of aryl methyl sites for hydroxylation is 2. The van der Waals surface area contributed by atoms with Gasteiger partial charge >= 0.3 is 0 Å². The Labute approximate surface area is 202 Å². The van der Waals surface area contributed by atoms with Crippen LogP contribution in [0.5, 0.6) is 0 Å². The Morgan fingerprint density at radius 1 is 1.06 bits per heavy atom. The van der Waals surface area contributed by atoms with Crippen molar-refractivity contribution in [1.82, 2.24) is 20.4 Å². The van der Waals surface area contributed by atoms with Crippen LogP contribution in [0.3, 0.4) is 0 Å². The Morgan fingerprint density at radius 2 is 1.91 bits per heavy atom. The first-order valence-corrected chi connectivity index (χ1v) is 11.3. The van der Waals surface area contributed by atoms with Crippen molar-refractivity contribution in [3.05, 3.63) is 101 Å². The Balaban J connectivity index is 1.62. The van der Waals surface area contributed by atoms with Gasteiger partial charge in [-0.25, -0.2) is 4.39 Å². The Hall–Kier alpha value is -3.78. The lowest BCUT2D eigenvalue weighted by atomic mass is 9.92. The van der Waals surface area contributed by atoms with Gasteiger partial charge in [0.2, 0.25) is 5.82 Å². The van der Waals surface area contributed by atoms with Crippen LogP contribution in [-0.4, -0.2) is 20.2 Å². The summed E-state index contributed by atoms with van der Waals surface area (Å²) in [7, 11) is 0. The zero-order valence-corrected chi connectivity index (χ0v) is 19.8. The van der Waals surface area contributed by atoms with E-state index in [9.17, 15) is 4.39 Å². The van der Waals surface area contributed by atoms with Gasteiger partial charge in [0.05, 0.1) is 24.4 Å². The summed E-state index contributed by atoms with van der Waals surface area (Å²) in [6, 6.07) is 15.9. The van der Waals surface area contributed by atoms with Gasteiger partial charge in [0.15, 0.2) is 5.11 Å². The predicted octanol–water partition coefficient (Wildman–Crippen LogP) is 5.95. The first-order chi connectivity index (χ1) is 16.4. The number of nitrogens with one attached hydrogen (secondary N) is 1.